The predicted molar refractivity (Wildman–Crippen MR) is 125 cm³/mol. The van der Waals surface area contributed by atoms with Crippen molar-refractivity contribution in [2.75, 3.05) is 30.6 Å². The highest BCUT2D eigenvalue weighted by molar-refractivity contribution is 6.46. The minimum atomic E-state index is -0.540. The first-order valence-electron chi connectivity index (χ1n) is 10.4. The highest BCUT2D eigenvalue weighted by atomic mass is 19.1. The van der Waals surface area contributed by atoms with Crippen molar-refractivity contribution in [1.82, 2.24) is 0 Å². The Morgan fingerprint density at radius 1 is 0.848 bits per heavy atom. The van der Waals surface area contributed by atoms with E-state index in [2.05, 4.69) is 0 Å². The number of amides is 2. The summed E-state index contributed by atoms with van der Waals surface area (Å²) in [4.78, 5) is 30.2. The van der Waals surface area contributed by atoms with Crippen LogP contribution in [0, 0.1) is 5.82 Å². The van der Waals surface area contributed by atoms with E-state index in [0.29, 0.717) is 23.6 Å². The predicted octanol–water partition coefficient (Wildman–Crippen LogP) is 4.65. The van der Waals surface area contributed by atoms with Gasteiger partial charge in [-0.15, -0.1) is 0 Å². The largest absolute Gasteiger partial charge is 0.493 e. The Kier molecular flexibility index (Phi) is 6.13. The van der Waals surface area contributed by atoms with Gasteiger partial charge < -0.3 is 14.4 Å². The van der Waals surface area contributed by atoms with Gasteiger partial charge in [0, 0.05) is 12.2 Å². The lowest BCUT2D eigenvalue weighted by Crippen LogP contribution is -2.35. The number of likely N-dealkylation sites (N-methyl/N-ethyl adjacent to an activating group) is 1. The number of nitrogens with zero attached hydrogens (tertiary/aromatic N) is 2. The Bertz CT molecular complexity index is 1240. The van der Waals surface area contributed by atoms with E-state index in [1.54, 1.807) is 23.1 Å². The maximum absolute atomic E-state index is 14.0. The summed E-state index contributed by atoms with van der Waals surface area (Å²) in [7, 11) is 3.02. The molecular weight excluding hydrogens is 423 g/mol. The molecule has 0 radical (unpaired) electrons. The number of halogens is 1. The van der Waals surface area contributed by atoms with Crippen LogP contribution in [0.3, 0.4) is 0 Å². The number of para-hydroxylation sites is 1. The molecule has 0 aliphatic carbocycles. The first-order chi connectivity index (χ1) is 16.0. The molecule has 0 fully saturated rings. The second-order valence-electron chi connectivity index (χ2n) is 7.30. The Balaban J connectivity index is 1.94. The van der Waals surface area contributed by atoms with Gasteiger partial charge in [-0.05, 0) is 55.0 Å². The van der Waals surface area contributed by atoms with E-state index < -0.39 is 17.6 Å². The molecule has 6 nitrogen and oxygen atoms in total. The molecule has 0 aromatic heterocycles. The molecule has 3 aromatic rings. The van der Waals surface area contributed by atoms with E-state index in [0.717, 1.165) is 10.6 Å². The van der Waals surface area contributed by atoms with Crippen molar-refractivity contribution >= 4 is 28.8 Å². The number of ether oxygens (including phenoxy) is 2. The van der Waals surface area contributed by atoms with E-state index in [1.165, 1.54) is 38.5 Å². The normalized spacial score (nSPS) is 13.5. The fourth-order valence-electron chi connectivity index (χ4n) is 3.95. The molecule has 168 valence electrons. The summed E-state index contributed by atoms with van der Waals surface area (Å²) < 4.78 is 24.7. The number of imide groups is 1. The van der Waals surface area contributed by atoms with Gasteiger partial charge in [-0.1, -0.05) is 30.3 Å². The van der Waals surface area contributed by atoms with E-state index in [-0.39, 0.29) is 17.0 Å². The molecule has 0 N–H and O–H groups in total. The molecule has 1 aliphatic heterocycles. The summed E-state index contributed by atoms with van der Waals surface area (Å²) in [6.45, 7) is 2.33. The SMILES string of the molecule is CCN(C1=C(c2ccc(OC)c(OC)c2)C(=O)N(c2cccc(F)c2)C1=O)c1ccccc1. The van der Waals surface area contributed by atoms with E-state index in [9.17, 15) is 14.0 Å². The molecule has 0 bridgehead atoms. The van der Waals surface area contributed by atoms with Gasteiger partial charge >= 0.3 is 0 Å². The summed E-state index contributed by atoms with van der Waals surface area (Å²) in [5.41, 5.74) is 1.84. The third-order valence-corrected chi connectivity index (χ3v) is 5.45. The van der Waals surface area contributed by atoms with Crippen LogP contribution in [0.15, 0.2) is 78.5 Å². The van der Waals surface area contributed by atoms with Gasteiger partial charge in [0.15, 0.2) is 11.5 Å². The number of carbonyl (C=O) groups is 2. The maximum Gasteiger partial charge on any atom is 0.282 e. The minimum absolute atomic E-state index is 0.169. The average molecular weight is 446 g/mol. The molecule has 0 saturated carbocycles. The van der Waals surface area contributed by atoms with Gasteiger partial charge in [0.1, 0.15) is 11.5 Å². The zero-order valence-electron chi connectivity index (χ0n) is 18.5. The lowest BCUT2D eigenvalue weighted by molar-refractivity contribution is -0.120. The lowest BCUT2D eigenvalue weighted by Gasteiger charge is -2.25. The van der Waals surface area contributed by atoms with Crippen LogP contribution in [0.1, 0.15) is 12.5 Å². The van der Waals surface area contributed by atoms with Crippen molar-refractivity contribution in [2.45, 2.75) is 6.92 Å². The molecule has 7 heteroatoms. The van der Waals surface area contributed by atoms with Crippen LogP contribution in [-0.4, -0.2) is 32.6 Å². The average Bonchev–Trinajstić information content (AvgIpc) is 3.09. The fourth-order valence-corrected chi connectivity index (χ4v) is 3.95. The molecule has 4 rings (SSSR count). The number of carbonyl (C=O) groups excluding carboxylic acids is 2. The van der Waals surface area contributed by atoms with Crippen molar-refractivity contribution in [3.05, 3.63) is 89.9 Å². The molecule has 33 heavy (non-hydrogen) atoms. The highest BCUT2D eigenvalue weighted by Crippen LogP contribution is 2.39. The Labute approximate surface area is 191 Å². The molecule has 1 aliphatic rings. The Hall–Kier alpha value is -4.13. The van der Waals surface area contributed by atoms with Gasteiger partial charge in [0.25, 0.3) is 11.8 Å². The van der Waals surface area contributed by atoms with E-state index in [1.807, 2.05) is 37.3 Å². The van der Waals surface area contributed by atoms with Gasteiger partial charge in [-0.3, -0.25) is 9.59 Å². The number of hydrogen-bond donors (Lipinski definition) is 0. The molecule has 3 aromatic carbocycles. The first-order valence-corrected chi connectivity index (χ1v) is 10.4. The van der Waals surface area contributed by atoms with Gasteiger partial charge in [0.2, 0.25) is 0 Å². The first kappa shape index (κ1) is 22.1. The standard InChI is InChI=1S/C26H23FN2O4/c1-4-28(19-10-6-5-7-11-19)24-23(17-13-14-21(32-2)22(15-17)33-3)25(30)29(26(24)31)20-12-8-9-18(27)16-20/h5-16H,4H2,1-3H3. The topological polar surface area (TPSA) is 59.1 Å². The molecule has 0 atom stereocenters. The van der Waals surface area contributed by atoms with Crippen LogP contribution >= 0.6 is 0 Å². The second-order valence-corrected chi connectivity index (χ2v) is 7.30. The third-order valence-electron chi connectivity index (χ3n) is 5.45. The van der Waals surface area contributed by atoms with Crippen molar-refractivity contribution in [1.29, 1.82) is 0 Å². The van der Waals surface area contributed by atoms with Crippen LogP contribution in [0.25, 0.3) is 5.57 Å². The lowest BCUT2D eigenvalue weighted by atomic mass is 10.0. The fraction of sp³-hybridized carbons (Fsp3) is 0.154. The van der Waals surface area contributed by atoms with Gasteiger partial charge in [0.05, 0.1) is 25.5 Å². The smallest absolute Gasteiger partial charge is 0.282 e. The Morgan fingerprint density at radius 2 is 1.58 bits per heavy atom. The summed E-state index contributed by atoms with van der Waals surface area (Å²) in [6, 6.07) is 19.8. The van der Waals surface area contributed by atoms with E-state index >= 15 is 0 Å². The monoisotopic (exact) mass is 446 g/mol. The molecular formula is C26H23FN2O4. The van der Waals surface area contributed by atoms with Crippen molar-refractivity contribution in [3.63, 3.8) is 0 Å². The minimum Gasteiger partial charge on any atom is -0.493 e. The number of benzene rings is 3. The zero-order valence-corrected chi connectivity index (χ0v) is 18.5. The highest BCUT2D eigenvalue weighted by Gasteiger charge is 2.43. The van der Waals surface area contributed by atoms with Crippen molar-refractivity contribution in [3.8, 4) is 11.5 Å². The molecule has 2 amide bonds. The third kappa shape index (κ3) is 3.93. The molecule has 1 heterocycles. The van der Waals surface area contributed by atoms with Crippen LogP contribution in [-0.2, 0) is 9.59 Å². The summed E-state index contributed by atoms with van der Waals surface area (Å²) in [5.74, 6) is -0.681. The van der Waals surface area contributed by atoms with Crippen molar-refractivity contribution < 1.29 is 23.5 Å². The van der Waals surface area contributed by atoms with Crippen LogP contribution < -0.4 is 19.3 Å². The number of rotatable bonds is 7. The summed E-state index contributed by atoms with van der Waals surface area (Å²) >= 11 is 0. The molecule has 0 spiro atoms. The molecule has 0 unspecified atom stereocenters. The number of anilines is 2. The van der Waals surface area contributed by atoms with Crippen molar-refractivity contribution in [2.24, 2.45) is 0 Å². The van der Waals surface area contributed by atoms with Crippen LogP contribution in [0.2, 0.25) is 0 Å². The van der Waals surface area contributed by atoms with E-state index in [4.69, 9.17) is 9.47 Å². The maximum atomic E-state index is 14.0. The number of hydrogen-bond acceptors (Lipinski definition) is 5. The van der Waals surface area contributed by atoms with Gasteiger partial charge in [-0.2, -0.15) is 0 Å². The zero-order chi connectivity index (χ0) is 23.5. The second kappa shape index (κ2) is 9.16. The van der Waals surface area contributed by atoms with Crippen LogP contribution in [0.4, 0.5) is 15.8 Å². The number of methoxy groups -OCH3 is 2. The van der Waals surface area contributed by atoms with Crippen LogP contribution in [0.5, 0.6) is 11.5 Å². The van der Waals surface area contributed by atoms with Gasteiger partial charge in [-0.25, -0.2) is 9.29 Å². The summed E-state index contributed by atoms with van der Waals surface area (Å²) in [6.07, 6.45) is 0. The summed E-state index contributed by atoms with van der Waals surface area (Å²) in [5, 5.41) is 0. The quantitative estimate of drug-likeness (QED) is 0.495. The molecule has 0 saturated heterocycles. The Morgan fingerprint density at radius 3 is 2.21 bits per heavy atom.